The topological polar surface area (TPSA) is 66.9 Å². The van der Waals surface area contributed by atoms with Crippen molar-refractivity contribution in [3.8, 4) is 0 Å². The van der Waals surface area contributed by atoms with Crippen LogP contribution in [0.25, 0.3) is 0 Å². The van der Waals surface area contributed by atoms with Crippen LogP contribution in [0.15, 0.2) is 47.4 Å². The number of alkyl halides is 7. The minimum atomic E-state index is -6.31. The van der Waals surface area contributed by atoms with Crippen LogP contribution < -0.4 is 0 Å². The highest BCUT2D eigenvalue weighted by Gasteiger charge is 2.74. The van der Waals surface area contributed by atoms with E-state index in [1.54, 1.807) is 24.0 Å². The molecule has 0 bridgehead atoms. The first-order chi connectivity index (χ1) is 21.0. The maximum atomic E-state index is 15.1. The van der Waals surface area contributed by atoms with Gasteiger partial charge >= 0.3 is 18.0 Å². The summed E-state index contributed by atoms with van der Waals surface area (Å²) in [6.07, 6.45) is -11.7. The van der Waals surface area contributed by atoms with Crippen LogP contribution in [0.4, 0.5) is 30.7 Å². The highest BCUT2D eigenvalue weighted by molar-refractivity contribution is 7.92. The lowest BCUT2D eigenvalue weighted by molar-refractivity contribution is -0.348. The van der Waals surface area contributed by atoms with Crippen molar-refractivity contribution in [1.29, 1.82) is 0 Å². The van der Waals surface area contributed by atoms with Gasteiger partial charge in [0.05, 0.1) is 30.2 Å². The highest BCUT2D eigenvalue weighted by Crippen LogP contribution is 2.57. The first-order valence-electron chi connectivity index (χ1n) is 14.9. The predicted octanol–water partition coefficient (Wildman–Crippen LogP) is 5.61. The van der Waals surface area contributed by atoms with Crippen molar-refractivity contribution < 1.29 is 48.7 Å². The SMILES string of the molecule is Cc1ccc(S(=O)(=O)[C@@]23CCN(C(=O)C4CCN(C5COC5)CC4)[C@@H]2CCc2cc(C(F)(C(F)(F)F)C(F)(F)F)ccc23)cc1. The van der Waals surface area contributed by atoms with Crippen LogP contribution in [-0.2, 0) is 36.2 Å². The molecule has 3 heterocycles. The fourth-order valence-electron chi connectivity index (χ4n) is 7.60. The minimum absolute atomic E-state index is 0.00452. The van der Waals surface area contributed by atoms with E-state index < -0.39 is 44.2 Å². The molecule has 6 nitrogen and oxygen atoms in total. The molecule has 1 aliphatic carbocycles. The lowest BCUT2D eigenvalue weighted by Gasteiger charge is -2.45. The van der Waals surface area contributed by atoms with Gasteiger partial charge < -0.3 is 9.64 Å². The monoisotopic (exact) mass is 662 g/mol. The first kappa shape index (κ1) is 32.2. The summed E-state index contributed by atoms with van der Waals surface area (Å²) in [5.41, 5.74) is -6.63. The molecule has 0 N–H and O–H groups in total. The quantitative estimate of drug-likeness (QED) is 0.390. The third-order valence-corrected chi connectivity index (χ3v) is 12.7. The Labute approximate surface area is 256 Å². The fourth-order valence-corrected chi connectivity index (χ4v) is 9.97. The number of benzene rings is 2. The van der Waals surface area contributed by atoms with Crippen molar-refractivity contribution in [3.63, 3.8) is 0 Å². The molecule has 3 fully saturated rings. The Bertz CT molecular complexity index is 1550. The average Bonchev–Trinajstić information content (AvgIpc) is 3.36. The number of aryl methyl sites for hydroxylation is 2. The van der Waals surface area contributed by atoms with Crippen molar-refractivity contribution in [2.45, 2.75) is 78.8 Å². The van der Waals surface area contributed by atoms with Gasteiger partial charge in [-0.05, 0) is 75.4 Å². The van der Waals surface area contributed by atoms with E-state index in [2.05, 4.69) is 4.90 Å². The number of piperidine rings is 1. The number of likely N-dealkylation sites (tertiary alicyclic amines) is 2. The second-order valence-electron chi connectivity index (χ2n) is 12.6. The maximum Gasteiger partial charge on any atom is 0.435 e. The number of carbonyl (C=O) groups excluding carboxylic acids is 1. The lowest BCUT2D eigenvalue weighted by atomic mass is 9.76. The summed E-state index contributed by atoms with van der Waals surface area (Å²) in [4.78, 5) is 17.7. The summed E-state index contributed by atoms with van der Waals surface area (Å²) >= 11 is 0. The van der Waals surface area contributed by atoms with Crippen molar-refractivity contribution in [3.05, 3.63) is 64.7 Å². The number of hydrogen-bond acceptors (Lipinski definition) is 5. The van der Waals surface area contributed by atoms with E-state index in [0.29, 0.717) is 57.3 Å². The molecule has 6 rings (SSSR count). The highest BCUT2D eigenvalue weighted by atomic mass is 32.2. The Balaban J connectivity index is 1.41. The van der Waals surface area contributed by atoms with Gasteiger partial charge in [-0.15, -0.1) is 0 Å². The van der Waals surface area contributed by atoms with Crippen molar-refractivity contribution in [2.24, 2.45) is 5.92 Å². The fraction of sp³-hybridized carbons (Fsp3) is 0.581. The molecule has 4 aliphatic rings. The van der Waals surface area contributed by atoms with E-state index in [1.807, 2.05) is 0 Å². The summed E-state index contributed by atoms with van der Waals surface area (Å²) in [6.45, 7) is 4.46. The number of fused-ring (bicyclic) bond motifs is 3. The zero-order chi connectivity index (χ0) is 32.6. The van der Waals surface area contributed by atoms with Gasteiger partial charge in [-0.3, -0.25) is 9.69 Å². The number of ether oxygens (including phenoxy) is 1. The average molecular weight is 663 g/mol. The van der Waals surface area contributed by atoms with Gasteiger partial charge in [0, 0.05) is 18.0 Å². The smallest absolute Gasteiger partial charge is 0.378 e. The van der Waals surface area contributed by atoms with Gasteiger partial charge in [0.15, 0.2) is 9.84 Å². The Hall–Kier alpha value is -2.71. The molecular formula is C31H33F7N2O4S. The lowest BCUT2D eigenvalue weighted by Crippen LogP contribution is -2.55. The van der Waals surface area contributed by atoms with E-state index in [4.69, 9.17) is 4.74 Å². The zero-order valence-electron chi connectivity index (χ0n) is 24.4. The largest absolute Gasteiger partial charge is 0.435 e. The van der Waals surface area contributed by atoms with Gasteiger partial charge in [-0.2, -0.15) is 26.3 Å². The van der Waals surface area contributed by atoms with Gasteiger partial charge in [0.1, 0.15) is 4.75 Å². The molecular weight excluding hydrogens is 629 g/mol. The number of halogens is 7. The van der Waals surface area contributed by atoms with Crippen LogP contribution in [0.1, 0.15) is 47.9 Å². The molecule has 3 saturated heterocycles. The van der Waals surface area contributed by atoms with Crippen LogP contribution in [-0.4, -0.2) is 81.4 Å². The van der Waals surface area contributed by atoms with Crippen molar-refractivity contribution in [1.82, 2.24) is 9.80 Å². The third kappa shape index (κ3) is 4.88. The number of rotatable bonds is 5. The van der Waals surface area contributed by atoms with Gasteiger partial charge in [-0.25, -0.2) is 12.8 Å². The number of hydrogen-bond donors (Lipinski definition) is 0. The number of sulfone groups is 1. The molecule has 0 saturated carbocycles. The summed E-state index contributed by atoms with van der Waals surface area (Å²) < 4.78 is 129. The summed E-state index contributed by atoms with van der Waals surface area (Å²) in [7, 11) is -4.36. The summed E-state index contributed by atoms with van der Waals surface area (Å²) in [5.74, 6) is -0.558. The number of carbonyl (C=O) groups is 1. The van der Waals surface area contributed by atoms with E-state index in [-0.39, 0.29) is 53.7 Å². The van der Waals surface area contributed by atoms with Crippen molar-refractivity contribution >= 4 is 15.7 Å². The summed E-state index contributed by atoms with van der Waals surface area (Å²) in [6, 6.07) is 7.18. The van der Waals surface area contributed by atoms with E-state index >= 15 is 4.39 Å². The molecule has 0 spiro atoms. The summed E-state index contributed by atoms with van der Waals surface area (Å²) in [5, 5.41) is 0. The molecule has 2 atom stereocenters. The van der Waals surface area contributed by atoms with Gasteiger partial charge in [-0.1, -0.05) is 35.9 Å². The molecule has 246 valence electrons. The van der Waals surface area contributed by atoms with E-state index in [9.17, 15) is 39.6 Å². The van der Waals surface area contributed by atoms with Crippen LogP contribution in [0.5, 0.6) is 0 Å². The first-order valence-corrected chi connectivity index (χ1v) is 16.4. The minimum Gasteiger partial charge on any atom is -0.378 e. The maximum absolute atomic E-state index is 15.1. The molecule has 2 aromatic rings. The molecule has 3 aliphatic heterocycles. The number of nitrogens with zero attached hydrogens (tertiary/aromatic N) is 2. The van der Waals surface area contributed by atoms with Crippen LogP contribution in [0.2, 0.25) is 0 Å². The normalized spacial score (nSPS) is 25.5. The molecule has 2 aromatic carbocycles. The Morgan fingerprint density at radius 2 is 1.51 bits per heavy atom. The van der Waals surface area contributed by atoms with Gasteiger partial charge in [0.25, 0.3) is 0 Å². The van der Waals surface area contributed by atoms with E-state index in [0.717, 1.165) is 11.6 Å². The van der Waals surface area contributed by atoms with Crippen LogP contribution >= 0.6 is 0 Å². The molecule has 14 heteroatoms. The second-order valence-corrected chi connectivity index (χ2v) is 14.8. The molecule has 1 amide bonds. The van der Waals surface area contributed by atoms with Gasteiger partial charge in [0.2, 0.25) is 5.91 Å². The Morgan fingerprint density at radius 3 is 2.07 bits per heavy atom. The predicted molar refractivity (Wildman–Crippen MR) is 149 cm³/mol. The zero-order valence-corrected chi connectivity index (χ0v) is 25.2. The molecule has 0 unspecified atom stereocenters. The molecule has 45 heavy (non-hydrogen) atoms. The molecule has 0 aromatic heterocycles. The second kappa shape index (κ2) is 10.9. The van der Waals surface area contributed by atoms with E-state index in [1.165, 1.54) is 12.1 Å². The van der Waals surface area contributed by atoms with Crippen LogP contribution in [0, 0.1) is 12.8 Å². The van der Waals surface area contributed by atoms with Crippen LogP contribution in [0.3, 0.4) is 0 Å². The third-order valence-electron chi connectivity index (χ3n) is 10.2. The Morgan fingerprint density at radius 1 is 0.889 bits per heavy atom. The standard InChI is InChI=1S/C31H33F7N2O4S/c1-19-2-6-24(7-3-19)45(42,43)28-12-15-40(27(41)20-10-13-39(14-11-20)23-17-44-18-23)26(28)9-4-21-16-22(5-8-25(21)28)29(32,30(33,34)35)31(36,37)38/h2-3,5-8,16,20,23,26H,4,9-15,17-18H2,1H3/t26-,28-/m1/s1. The Kier molecular flexibility index (Phi) is 7.83. The molecule has 0 radical (unpaired) electrons. The number of amides is 1. The van der Waals surface area contributed by atoms with Crippen molar-refractivity contribution in [2.75, 3.05) is 32.8 Å².